The Hall–Kier alpha value is -2.94. The second-order valence-corrected chi connectivity index (χ2v) is 7.29. The molecule has 0 fully saturated rings. The molecule has 3 nitrogen and oxygen atoms in total. The van der Waals surface area contributed by atoms with Crippen molar-refractivity contribution in [2.45, 2.75) is 26.2 Å². The first kappa shape index (κ1) is 15.6. The number of fused-ring (bicyclic) bond motifs is 2. The van der Waals surface area contributed by atoms with Gasteiger partial charge in [-0.2, -0.15) is 0 Å². The van der Waals surface area contributed by atoms with Gasteiger partial charge in [-0.1, -0.05) is 45.0 Å². The molecule has 2 aromatic carbocycles. The van der Waals surface area contributed by atoms with Crippen molar-refractivity contribution in [3.63, 3.8) is 0 Å². The molecule has 0 spiro atoms. The van der Waals surface area contributed by atoms with Crippen molar-refractivity contribution in [2.24, 2.45) is 0 Å². The maximum absolute atomic E-state index is 13.1. The van der Waals surface area contributed by atoms with Gasteiger partial charge in [-0.05, 0) is 41.3 Å². The largest absolute Gasteiger partial charge is 0.456 e. The van der Waals surface area contributed by atoms with Gasteiger partial charge >= 0.3 is 0 Å². The molecule has 0 saturated heterocycles. The molecule has 3 heteroatoms. The van der Waals surface area contributed by atoms with E-state index in [0.29, 0.717) is 21.9 Å². The van der Waals surface area contributed by atoms with Crippen LogP contribution in [0.5, 0.6) is 0 Å². The Morgan fingerprint density at radius 1 is 0.920 bits per heavy atom. The van der Waals surface area contributed by atoms with Crippen LogP contribution in [0.15, 0.2) is 70.0 Å². The maximum atomic E-state index is 13.1. The quantitative estimate of drug-likeness (QED) is 0.445. The summed E-state index contributed by atoms with van der Waals surface area (Å²) in [6.07, 6.45) is 1.80. The summed E-state index contributed by atoms with van der Waals surface area (Å²) < 4.78 is 5.96. The lowest BCUT2D eigenvalue weighted by atomic mass is 9.86. The highest BCUT2D eigenvalue weighted by Gasteiger charge is 2.17. The van der Waals surface area contributed by atoms with Crippen molar-refractivity contribution in [1.29, 1.82) is 0 Å². The van der Waals surface area contributed by atoms with Gasteiger partial charge in [0.05, 0.1) is 16.5 Å². The number of nitrogens with zero attached hydrogens (tertiary/aromatic N) is 1. The van der Waals surface area contributed by atoms with E-state index in [1.54, 1.807) is 12.3 Å². The zero-order valence-corrected chi connectivity index (χ0v) is 14.5. The Morgan fingerprint density at radius 2 is 1.68 bits per heavy atom. The van der Waals surface area contributed by atoms with Crippen LogP contribution < -0.4 is 5.43 Å². The lowest BCUT2D eigenvalue weighted by Gasteiger charge is -2.19. The van der Waals surface area contributed by atoms with Crippen molar-refractivity contribution in [3.8, 4) is 11.3 Å². The number of rotatable bonds is 1. The van der Waals surface area contributed by atoms with Gasteiger partial charge < -0.3 is 4.42 Å². The van der Waals surface area contributed by atoms with Crippen LogP contribution in [0.2, 0.25) is 0 Å². The molecule has 2 aromatic heterocycles. The lowest BCUT2D eigenvalue weighted by Crippen LogP contribution is -2.11. The molecular formula is C22H19NO2. The zero-order valence-electron chi connectivity index (χ0n) is 14.5. The SMILES string of the molecule is CC(C)(C)c1ccnc(-c2cccc3oc4ccccc4c(=O)c23)c1. The first-order valence-electron chi connectivity index (χ1n) is 8.36. The van der Waals surface area contributed by atoms with Crippen LogP contribution in [-0.2, 0) is 5.41 Å². The molecule has 4 aromatic rings. The van der Waals surface area contributed by atoms with Crippen LogP contribution >= 0.6 is 0 Å². The first-order chi connectivity index (χ1) is 11.9. The molecule has 0 saturated carbocycles. The topological polar surface area (TPSA) is 43.1 Å². The van der Waals surface area contributed by atoms with E-state index in [1.807, 2.05) is 42.5 Å². The van der Waals surface area contributed by atoms with Crippen LogP contribution in [0, 0.1) is 0 Å². The van der Waals surface area contributed by atoms with Gasteiger partial charge in [0.2, 0.25) is 5.43 Å². The normalized spacial score (nSPS) is 12.0. The molecule has 124 valence electrons. The van der Waals surface area contributed by atoms with Gasteiger partial charge in [-0.25, -0.2) is 0 Å². The first-order valence-corrected chi connectivity index (χ1v) is 8.36. The predicted molar refractivity (Wildman–Crippen MR) is 102 cm³/mol. The number of benzene rings is 2. The zero-order chi connectivity index (χ0) is 17.6. The molecule has 4 rings (SSSR count). The molecule has 0 atom stereocenters. The number of para-hydroxylation sites is 1. The lowest BCUT2D eigenvalue weighted by molar-refractivity contribution is 0.589. The third-order valence-electron chi connectivity index (χ3n) is 4.51. The fraction of sp³-hybridized carbons (Fsp3) is 0.182. The summed E-state index contributed by atoms with van der Waals surface area (Å²) in [5.41, 5.74) is 3.97. The highest BCUT2D eigenvalue weighted by Crippen LogP contribution is 2.30. The molecule has 0 unspecified atom stereocenters. The minimum absolute atomic E-state index is 0.0135. The Balaban J connectivity index is 2.06. The molecule has 0 N–H and O–H groups in total. The molecule has 0 radical (unpaired) electrons. The third kappa shape index (κ3) is 2.62. The minimum atomic E-state index is -0.0181. The Morgan fingerprint density at radius 3 is 2.48 bits per heavy atom. The summed E-state index contributed by atoms with van der Waals surface area (Å²) in [4.78, 5) is 17.6. The van der Waals surface area contributed by atoms with E-state index >= 15 is 0 Å². The van der Waals surface area contributed by atoms with E-state index in [2.05, 4.69) is 31.8 Å². The van der Waals surface area contributed by atoms with E-state index < -0.39 is 0 Å². The maximum Gasteiger partial charge on any atom is 0.201 e. The second-order valence-electron chi connectivity index (χ2n) is 7.29. The highest BCUT2D eigenvalue weighted by molar-refractivity contribution is 5.98. The Kier molecular flexibility index (Phi) is 3.46. The molecular weight excluding hydrogens is 310 g/mol. The summed E-state index contributed by atoms with van der Waals surface area (Å²) in [7, 11) is 0. The molecule has 2 heterocycles. The monoisotopic (exact) mass is 329 g/mol. The summed E-state index contributed by atoms with van der Waals surface area (Å²) in [6.45, 7) is 6.49. The summed E-state index contributed by atoms with van der Waals surface area (Å²) in [5.74, 6) is 0. The summed E-state index contributed by atoms with van der Waals surface area (Å²) in [6, 6.07) is 17.1. The van der Waals surface area contributed by atoms with Crippen molar-refractivity contribution in [1.82, 2.24) is 4.98 Å². The van der Waals surface area contributed by atoms with E-state index in [-0.39, 0.29) is 10.8 Å². The van der Waals surface area contributed by atoms with Crippen LogP contribution in [0.3, 0.4) is 0 Å². The van der Waals surface area contributed by atoms with Gasteiger partial charge in [0.1, 0.15) is 11.2 Å². The van der Waals surface area contributed by atoms with Crippen LogP contribution in [-0.4, -0.2) is 4.98 Å². The van der Waals surface area contributed by atoms with Gasteiger partial charge in [-0.3, -0.25) is 9.78 Å². The highest BCUT2D eigenvalue weighted by atomic mass is 16.3. The van der Waals surface area contributed by atoms with Crippen molar-refractivity contribution < 1.29 is 4.42 Å². The average Bonchev–Trinajstić information content (AvgIpc) is 2.61. The minimum Gasteiger partial charge on any atom is -0.456 e. The fourth-order valence-electron chi connectivity index (χ4n) is 3.10. The third-order valence-corrected chi connectivity index (χ3v) is 4.51. The number of pyridine rings is 1. The number of aromatic nitrogens is 1. The Labute approximate surface area is 145 Å². The molecule has 0 aliphatic rings. The van der Waals surface area contributed by atoms with Crippen LogP contribution in [0.4, 0.5) is 0 Å². The average molecular weight is 329 g/mol. The molecule has 0 bridgehead atoms. The van der Waals surface area contributed by atoms with Crippen LogP contribution in [0.25, 0.3) is 33.2 Å². The van der Waals surface area contributed by atoms with E-state index in [1.165, 1.54) is 5.56 Å². The fourth-order valence-corrected chi connectivity index (χ4v) is 3.10. The van der Waals surface area contributed by atoms with Crippen molar-refractivity contribution >= 4 is 21.9 Å². The second kappa shape index (κ2) is 5.55. The van der Waals surface area contributed by atoms with Gasteiger partial charge in [0.25, 0.3) is 0 Å². The van der Waals surface area contributed by atoms with E-state index in [0.717, 1.165) is 11.3 Å². The van der Waals surface area contributed by atoms with E-state index in [9.17, 15) is 4.79 Å². The van der Waals surface area contributed by atoms with Gasteiger partial charge in [0.15, 0.2) is 0 Å². The smallest absolute Gasteiger partial charge is 0.201 e. The molecule has 0 amide bonds. The summed E-state index contributed by atoms with van der Waals surface area (Å²) >= 11 is 0. The number of hydrogen-bond donors (Lipinski definition) is 0. The summed E-state index contributed by atoms with van der Waals surface area (Å²) in [5, 5.41) is 1.18. The van der Waals surface area contributed by atoms with Crippen molar-refractivity contribution in [2.75, 3.05) is 0 Å². The van der Waals surface area contributed by atoms with Crippen molar-refractivity contribution in [3.05, 3.63) is 76.6 Å². The molecule has 25 heavy (non-hydrogen) atoms. The molecule has 0 aliphatic carbocycles. The predicted octanol–water partition coefficient (Wildman–Crippen LogP) is 5.31. The van der Waals surface area contributed by atoms with E-state index in [4.69, 9.17) is 4.42 Å². The van der Waals surface area contributed by atoms with Gasteiger partial charge in [-0.15, -0.1) is 0 Å². The van der Waals surface area contributed by atoms with Gasteiger partial charge in [0, 0.05) is 11.8 Å². The van der Waals surface area contributed by atoms with Crippen LogP contribution in [0.1, 0.15) is 26.3 Å². The Bertz CT molecular complexity index is 1150. The number of hydrogen-bond acceptors (Lipinski definition) is 3. The molecule has 0 aliphatic heterocycles. The standard InChI is InChI=1S/C22H19NO2/c1-22(2,3)14-11-12-23-17(13-14)15-8-6-10-19-20(15)21(24)16-7-4-5-9-18(16)25-19/h4-13H,1-3H3.